The van der Waals surface area contributed by atoms with Crippen LogP contribution >= 0.6 is 11.6 Å². The van der Waals surface area contributed by atoms with E-state index in [0.29, 0.717) is 23.0 Å². The molecule has 2 atom stereocenters. The van der Waals surface area contributed by atoms with Gasteiger partial charge in [-0.25, -0.2) is 4.98 Å². The van der Waals surface area contributed by atoms with Crippen molar-refractivity contribution in [2.75, 3.05) is 19.0 Å². The predicted octanol–water partition coefficient (Wildman–Crippen LogP) is 1.68. The molecule has 2 heterocycles. The molecule has 1 saturated heterocycles. The second kappa shape index (κ2) is 5.54. The first-order valence-corrected chi connectivity index (χ1v) is 6.25. The van der Waals surface area contributed by atoms with Crippen LogP contribution in [0.5, 0.6) is 0 Å². The Bertz CT molecular complexity index is 453. The predicted molar refractivity (Wildman–Crippen MR) is 70.1 cm³/mol. The smallest absolute Gasteiger partial charge is 0.253 e. The topological polar surface area (TPSA) is 63.2 Å². The number of carbonyl (C=O) groups is 1. The van der Waals surface area contributed by atoms with Gasteiger partial charge in [0.25, 0.3) is 5.91 Å². The highest BCUT2D eigenvalue weighted by molar-refractivity contribution is 6.33. The van der Waals surface area contributed by atoms with Crippen LogP contribution in [-0.2, 0) is 4.74 Å². The van der Waals surface area contributed by atoms with Crippen LogP contribution in [-0.4, -0.2) is 36.7 Å². The molecule has 6 heteroatoms. The van der Waals surface area contributed by atoms with Crippen LogP contribution < -0.4 is 10.6 Å². The summed E-state index contributed by atoms with van der Waals surface area (Å²) in [5.41, 5.74) is 0.457. The van der Waals surface area contributed by atoms with E-state index >= 15 is 0 Å². The number of nitrogens with zero attached hydrogens (tertiary/aromatic N) is 1. The summed E-state index contributed by atoms with van der Waals surface area (Å²) in [6, 6.07) is 1.66. The second-order valence-electron chi connectivity index (χ2n) is 4.25. The molecule has 1 amide bonds. The van der Waals surface area contributed by atoms with Gasteiger partial charge in [0.1, 0.15) is 5.82 Å². The SMILES string of the molecule is CNc1ncc(C(=O)NC2CCOC2C)cc1Cl. The van der Waals surface area contributed by atoms with Crippen molar-refractivity contribution in [3.8, 4) is 0 Å². The maximum absolute atomic E-state index is 12.0. The molecule has 2 rings (SSSR count). The van der Waals surface area contributed by atoms with Gasteiger partial charge in [-0.15, -0.1) is 0 Å². The molecule has 0 spiro atoms. The maximum atomic E-state index is 12.0. The van der Waals surface area contributed by atoms with Crippen molar-refractivity contribution in [3.63, 3.8) is 0 Å². The number of hydrogen-bond donors (Lipinski definition) is 2. The number of anilines is 1. The molecule has 5 nitrogen and oxygen atoms in total. The number of hydrogen-bond acceptors (Lipinski definition) is 4. The quantitative estimate of drug-likeness (QED) is 0.876. The molecule has 0 saturated carbocycles. The summed E-state index contributed by atoms with van der Waals surface area (Å²) in [7, 11) is 1.73. The van der Waals surface area contributed by atoms with Gasteiger partial charge in [0.15, 0.2) is 0 Å². The van der Waals surface area contributed by atoms with Gasteiger partial charge in [-0.1, -0.05) is 11.6 Å². The minimum Gasteiger partial charge on any atom is -0.376 e. The first-order chi connectivity index (χ1) is 8.61. The monoisotopic (exact) mass is 269 g/mol. The van der Waals surface area contributed by atoms with E-state index < -0.39 is 0 Å². The summed E-state index contributed by atoms with van der Waals surface area (Å²) in [5, 5.41) is 6.20. The van der Waals surface area contributed by atoms with Crippen molar-refractivity contribution in [1.29, 1.82) is 0 Å². The highest BCUT2D eigenvalue weighted by atomic mass is 35.5. The minimum atomic E-state index is -0.172. The standard InChI is InChI=1S/C12H16ClN3O2/c1-7-10(3-4-18-7)16-12(17)8-5-9(13)11(14-2)15-6-8/h5-7,10H,3-4H2,1-2H3,(H,14,15)(H,16,17). The zero-order valence-electron chi connectivity index (χ0n) is 10.4. The Morgan fingerprint density at radius 2 is 2.39 bits per heavy atom. The van der Waals surface area contributed by atoms with Crippen molar-refractivity contribution in [2.45, 2.75) is 25.5 Å². The van der Waals surface area contributed by atoms with Gasteiger partial charge in [0.2, 0.25) is 0 Å². The molecule has 1 aliphatic heterocycles. The van der Waals surface area contributed by atoms with Crippen LogP contribution in [0.1, 0.15) is 23.7 Å². The van der Waals surface area contributed by atoms with Crippen LogP contribution in [0.2, 0.25) is 5.02 Å². The number of pyridine rings is 1. The van der Waals surface area contributed by atoms with E-state index in [9.17, 15) is 4.79 Å². The molecular weight excluding hydrogens is 254 g/mol. The third kappa shape index (κ3) is 2.73. The van der Waals surface area contributed by atoms with E-state index in [1.54, 1.807) is 13.1 Å². The lowest BCUT2D eigenvalue weighted by Gasteiger charge is -2.16. The molecule has 0 aromatic carbocycles. The van der Waals surface area contributed by atoms with Gasteiger partial charge in [-0.05, 0) is 19.4 Å². The summed E-state index contributed by atoms with van der Waals surface area (Å²) in [6.45, 7) is 2.64. The number of carbonyl (C=O) groups excluding carboxylic acids is 1. The third-order valence-electron chi connectivity index (χ3n) is 3.03. The lowest BCUT2D eigenvalue weighted by atomic mass is 10.1. The summed E-state index contributed by atoms with van der Waals surface area (Å²) in [4.78, 5) is 16.1. The lowest BCUT2D eigenvalue weighted by molar-refractivity contribution is 0.0866. The molecule has 1 fully saturated rings. The van der Waals surface area contributed by atoms with Gasteiger partial charge in [-0.3, -0.25) is 4.79 Å². The first kappa shape index (κ1) is 13.1. The number of amides is 1. The fourth-order valence-electron chi connectivity index (χ4n) is 1.92. The normalized spacial score (nSPS) is 22.8. The summed E-state index contributed by atoms with van der Waals surface area (Å²) >= 11 is 5.99. The van der Waals surface area contributed by atoms with E-state index in [0.717, 1.165) is 6.42 Å². The minimum absolute atomic E-state index is 0.0500. The van der Waals surface area contributed by atoms with Gasteiger partial charge < -0.3 is 15.4 Å². The molecule has 1 aromatic rings. The van der Waals surface area contributed by atoms with Gasteiger partial charge in [-0.2, -0.15) is 0 Å². The summed E-state index contributed by atoms with van der Waals surface area (Å²) in [5.74, 6) is 0.389. The molecule has 0 aliphatic carbocycles. The molecule has 2 N–H and O–H groups in total. The van der Waals surface area contributed by atoms with Gasteiger partial charge in [0, 0.05) is 19.9 Å². The second-order valence-corrected chi connectivity index (χ2v) is 4.66. The fourth-order valence-corrected chi connectivity index (χ4v) is 2.18. The van der Waals surface area contributed by atoms with Crippen molar-refractivity contribution >= 4 is 23.3 Å². The van der Waals surface area contributed by atoms with E-state index in [-0.39, 0.29) is 18.1 Å². The highest BCUT2D eigenvalue weighted by Crippen LogP contribution is 2.20. The van der Waals surface area contributed by atoms with Gasteiger partial charge >= 0.3 is 0 Å². The molecule has 0 bridgehead atoms. The molecule has 2 unspecified atom stereocenters. The van der Waals surface area contributed by atoms with Crippen LogP contribution in [0, 0.1) is 0 Å². The zero-order valence-corrected chi connectivity index (χ0v) is 11.1. The Morgan fingerprint density at radius 3 is 2.94 bits per heavy atom. The molecule has 18 heavy (non-hydrogen) atoms. The average Bonchev–Trinajstić information content (AvgIpc) is 2.75. The van der Waals surface area contributed by atoms with Crippen LogP contribution in [0.3, 0.4) is 0 Å². The Balaban J connectivity index is 2.07. The molecular formula is C12H16ClN3O2. The Hall–Kier alpha value is -1.33. The van der Waals surface area contributed by atoms with Crippen molar-refractivity contribution in [2.24, 2.45) is 0 Å². The molecule has 1 aliphatic rings. The van der Waals surface area contributed by atoms with Crippen molar-refractivity contribution < 1.29 is 9.53 Å². The first-order valence-electron chi connectivity index (χ1n) is 5.87. The number of halogens is 1. The molecule has 1 aromatic heterocycles. The fraction of sp³-hybridized carbons (Fsp3) is 0.500. The Labute approximate surface area is 111 Å². The lowest BCUT2D eigenvalue weighted by Crippen LogP contribution is -2.39. The largest absolute Gasteiger partial charge is 0.376 e. The third-order valence-corrected chi connectivity index (χ3v) is 3.32. The van der Waals surface area contributed by atoms with Crippen molar-refractivity contribution in [3.05, 3.63) is 22.8 Å². The average molecular weight is 270 g/mol. The summed E-state index contributed by atoms with van der Waals surface area (Å²) < 4.78 is 5.40. The number of aromatic nitrogens is 1. The van der Waals surface area contributed by atoms with Crippen LogP contribution in [0.15, 0.2) is 12.3 Å². The molecule has 98 valence electrons. The van der Waals surface area contributed by atoms with Gasteiger partial charge in [0.05, 0.1) is 22.7 Å². The highest BCUT2D eigenvalue weighted by Gasteiger charge is 2.26. The van der Waals surface area contributed by atoms with Crippen molar-refractivity contribution in [1.82, 2.24) is 10.3 Å². The number of rotatable bonds is 3. The van der Waals surface area contributed by atoms with E-state index in [2.05, 4.69) is 15.6 Å². The number of ether oxygens (including phenoxy) is 1. The summed E-state index contributed by atoms with van der Waals surface area (Å²) in [6.07, 6.45) is 2.39. The number of nitrogens with one attached hydrogen (secondary N) is 2. The van der Waals surface area contributed by atoms with Crippen LogP contribution in [0.4, 0.5) is 5.82 Å². The van der Waals surface area contributed by atoms with Crippen LogP contribution in [0.25, 0.3) is 0 Å². The maximum Gasteiger partial charge on any atom is 0.253 e. The Morgan fingerprint density at radius 1 is 1.61 bits per heavy atom. The van der Waals surface area contributed by atoms with E-state index in [1.807, 2.05) is 6.92 Å². The zero-order chi connectivity index (χ0) is 13.1. The Kier molecular flexibility index (Phi) is 4.04. The van der Waals surface area contributed by atoms with E-state index in [1.165, 1.54) is 6.20 Å². The molecule has 0 radical (unpaired) electrons. The van der Waals surface area contributed by atoms with E-state index in [4.69, 9.17) is 16.3 Å².